The summed E-state index contributed by atoms with van der Waals surface area (Å²) in [4.78, 5) is 2.35. The zero-order chi connectivity index (χ0) is 14.6. The van der Waals surface area contributed by atoms with Crippen molar-refractivity contribution in [2.75, 3.05) is 20.7 Å². The summed E-state index contributed by atoms with van der Waals surface area (Å²) in [6.07, 6.45) is 5.38. The molecule has 3 aliphatic rings. The Morgan fingerprint density at radius 3 is 3.00 bits per heavy atom. The molecule has 1 aromatic rings. The van der Waals surface area contributed by atoms with Gasteiger partial charge in [-0.1, -0.05) is 18.2 Å². The Morgan fingerprint density at radius 2 is 2.23 bits per heavy atom. The first kappa shape index (κ1) is 16.3. The number of hydrogen-bond donors (Lipinski definition) is 1. The van der Waals surface area contributed by atoms with Crippen molar-refractivity contribution < 1.29 is 14.6 Å². The Kier molecular flexibility index (Phi) is 4.34. The molecule has 2 heterocycles. The summed E-state index contributed by atoms with van der Waals surface area (Å²) in [6.45, 7) is 1.96. The summed E-state index contributed by atoms with van der Waals surface area (Å²) in [5.41, 5.74) is 2.48. The molecule has 1 aliphatic carbocycles. The standard InChI is InChI=1S/C17H21NO3.Na.H/c1-18-8-7-17-6-5-12(19)9-14(17)21-16-13(20-2)4-3-11(10-18)15(16)17;;/h3-6,12,14,19H,7-10H2,1-2H3;;/t12-,14-,17-;;/m0../s1. The van der Waals surface area contributed by atoms with E-state index in [1.54, 1.807) is 7.11 Å². The second-order valence-electron chi connectivity index (χ2n) is 6.43. The van der Waals surface area contributed by atoms with Crippen LogP contribution < -0.4 is 9.47 Å². The number of aliphatic hydroxyl groups excluding tert-OH is 1. The van der Waals surface area contributed by atoms with Gasteiger partial charge in [-0.05, 0) is 31.6 Å². The zero-order valence-electron chi connectivity index (χ0n) is 12.5. The Labute approximate surface area is 153 Å². The van der Waals surface area contributed by atoms with Crippen molar-refractivity contribution in [3.63, 3.8) is 0 Å². The Hall–Kier alpha value is -0.520. The summed E-state index contributed by atoms with van der Waals surface area (Å²) >= 11 is 0. The van der Waals surface area contributed by atoms with Gasteiger partial charge in [0.15, 0.2) is 11.5 Å². The molecular weight excluding hydrogens is 289 g/mol. The molecule has 0 unspecified atom stereocenters. The summed E-state index contributed by atoms with van der Waals surface area (Å²) in [5.74, 6) is 1.68. The maximum absolute atomic E-state index is 9.97. The van der Waals surface area contributed by atoms with E-state index in [9.17, 15) is 5.11 Å². The van der Waals surface area contributed by atoms with Crippen LogP contribution in [0, 0.1) is 0 Å². The third kappa shape index (κ3) is 2.24. The molecule has 5 heteroatoms. The topological polar surface area (TPSA) is 41.9 Å². The summed E-state index contributed by atoms with van der Waals surface area (Å²) < 4.78 is 11.8. The Balaban J connectivity index is 0.00000144. The van der Waals surface area contributed by atoms with Gasteiger partial charge in [0, 0.05) is 18.5 Å². The number of ether oxygens (including phenoxy) is 2. The van der Waals surface area contributed by atoms with E-state index in [1.807, 2.05) is 12.1 Å². The summed E-state index contributed by atoms with van der Waals surface area (Å²) in [7, 11) is 3.84. The van der Waals surface area contributed by atoms with Crippen LogP contribution >= 0.6 is 0 Å². The fraction of sp³-hybridized carbons (Fsp3) is 0.529. The van der Waals surface area contributed by atoms with Crippen LogP contribution in [0.1, 0.15) is 24.0 Å². The minimum atomic E-state index is -0.412. The SMILES string of the molecule is COc1ccc2c3c1O[C@H]1C[C@@H](O)C=C[C@@]31CCN(C)C2.[NaH]. The van der Waals surface area contributed by atoms with Gasteiger partial charge in [-0.3, -0.25) is 0 Å². The second-order valence-corrected chi connectivity index (χ2v) is 6.43. The summed E-state index contributed by atoms with van der Waals surface area (Å²) in [5, 5.41) is 9.97. The van der Waals surface area contributed by atoms with Gasteiger partial charge in [0.2, 0.25) is 0 Å². The molecule has 0 aromatic heterocycles. The number of methoxy groups -OCH3 is 1. The van der Waals surface area contributed by atoms with Crippen LogP contribution in [0.3, 0.4) is 0 Å². The van der Waals surface area contributed by atoms with Crippen LogP contribution in [0.5, 0.6) is 11.5 Å². The molecule has 0 amide bonds. The Morgan fingerprint density at radius 1 is 1.41 bits per heavy atom. The van der Waals surface area contributed by atoms with E-state index in [0.29, 0.717) is 6.42 Å². The molecule has 114 valence electrons. The average molecular weight is 311 g/mol. The predicted octanol–water partition coefficient (Wildman–Crippen LogP) is 1.20. The van der Waals surface area contributed by atoms with Crippen LogP contribution in [0.4, 0.5) is 0 Å². The molecule has 0 bridgehead atoms. The molecule has 3 atom stereocenters. The molecule has 4 nitrogen and oxygen atoms in total. The molecule has 1 aromatic carbocycles. The van der Waals surface area contributed by atoms with Gasteiger partial charge in [-0.2, -0.15) is 0 Å². The average Bonchev–Trinajstić information content (AvgIpc) is 2.72. The molecule has 22 heavy (non-hydrogen) atoms. The van der Waals surface area contributed by atoms with Gasteiger partial charge in [-0.25, -0.2) is 0 Å². The van der Waals surface area contributed by atoms with Crippen molar-refractivity contribution in [2.45, 2.75) is 37.0 Å². The maximum atomic E-state index is 9.97. The van der Waals surface area contributed by atoms with Crippen molar-refractivity contribution in [3.05, 3.63) is 35.4 Å². The van der Waals surface area contributed by atoms with Crippen molar-refractivity contribution in [1.82, 2.24) is 4.90 Å². The minimum absolute atomic E-state index is 0. The second kappa shape index (κ2) is 5.84. The fourth-order valence-electron chi connectivity index (χ4n) is 4.08. The van der Waals surface area contributed by atoms with Gasteiger partial charge in [0.1, 0.15) is 6.10 Å². The molecular formula is C17H22NNaO3. The van der Waals surface area contributed by atoms with Crippen LogP contribution in [-0.4, -0.2) is 72.5 Å². The molecule has 0 fully saturated rings. The molecule has 0 radical (unpaired) electrons. The van der Waals surface area contributed by atoms with Crippen LogP contribution in [0.25, 0.3) is 0 Å². The zero-order valence-corrected chi connectivity index (χ0v) is 12.5. The molecule has 1 N–H and O–H groups in total. The first-order chi connectivity index (χ1) is 10.1. The van der Waals surface area contributed by atoms with Crippen molar-refractivity contribution in [2.24, 2.45) is 0 Å². The number of rotatable bonds is 1. The Bertz CT molecular complexity index is 618. The van der Waals surface area contributed by atoms with Gasteiger partial charge in [0.25, 0.3) is 0 Å². The normalized spacial score (nSPS) is 32.3. The molecule has 2 aliphatic heterocycles. The van der Waals surface area contributed by atoms with E-state index in [4.69, 9.17) is 9.47 Å². The van der Waals surface area contributed by atoms with Crippen LogP contribution in [0.2, 0.25) is 0 Å². The van der Waals surface area contributed by atoms with Crippen molar-refractivity contribution in [1.29, 1.82) is 0 Å². The molecule has 4 rings (SSSR count). The first-order valence-electron chi connectivity index (χ1n) is 7.57. The van der Waals surface area contributed by atoms with E-state index in [1.165, 1.54) is 11.1 Å². The van der Waals surface area contributed by atoms with E-state index >= 15 is 0 Å². The van der Waals surface area contributed by atoms with Crippen molar-refractivity contribution in [3.8, 4) is 11.5 Å². The van der Waals surface area contributed by atoms with Crippen LogP contribution in [0.15, 0.2) is 24.3 Å². The van der Waals surface area contributed by atoms with Crippen molar-refractivity contribution >= 4 is 29.6 Å². The van der Waals surface area contributed by atoms with Gasteiger partial charge in [-0.15, -0.1) is 0 Å². The third-order valence-electron chi connectivity index (χ3n) is 5.15. The van der Waals surface area contributed by atoms with Gasteiger partial charge in [0.05, 0.1) is 18.6 Å². The fourth-order valence-corrected chi connectivity index (χ4v) is 4.08. The van der Waals surface area contributed by atoms with E-state index in [2.05, 4.69) is 24.1 Å². The number of nitrogens with zero attached hydrogens (tertiary/aromatic N) is 1. The molecule has 1 spiro atoms. The third-order valence-corrected chi connectivity index (χ3v) is 5.15. The van der Waals surface area contributed by atoms with Gasteiger partial charge >= 0.3 is 29.6 Å². The number of aliphatic hydroxyl groups is 1. The monoisotopic (exact) mass is 311 g/mol. The quantitative estimate of drug-likeness (QED) is 0.625. The van der Waals surface area contributed by atoms with E-state index in [0.717, 1.165) is 31.0 Å². The van der Waals surface area contributed by atoms with Crippen LogP contribution in [-0.2, 0) is 12.0 Å². The number of benzene rings is 1. The first-order valence-corrected chi connectivity index (χ1v) is 7.57. The molecule has 0 saturated carbocycles. The number of hydrogen-bond acceptors (Lipinski definition) is 4. The molecule has 0 saturated heterocycles. The van der Waals surface area contributed by atoms with Gasteiger partial charge < -0.3 is 19.5 Å². The summed E-state index contributed by atoms with van der Waals surface area (Å²) in [6, 6.07) is 4.16. The predicted molar refractivity (Wildman–Crippen MR) is 87.0 cm³/mol. The van der Waals surface area contributed by atoms with E-state index in [-0.39, 0.29) is 41.1 Å². The van der Waals surface area contributed by atoms with E-state index < -0.39 is 6.10 Å².